The number of ether oxygens (including phenoxy) is 1. The molecule has 2 N–H and O–H groups in total. The third-order valence-corrected chi connectivity index (χ3v) is 4.13. The van der Waals surface area contributed by atoms with E-state index in [1.165, 1.54) is 5.56 Å². The van der Waals surface area contributed by atoms with E-state index in [0.717, 1.165) is 37.0 Å². The molecule has 1 atom stereocenters. The lowest BCUT2D eigenvalue weighted by atomic mass is 10.1. The van der Waals surface area contributed by atoms with E-state index in [1.807, 2.05) is 24.3 Å². The SMILES string of the molecule is CCNC(=NCC(c1ccc(OC)cc1)N(C)C)NCCc1ccco1.I. The molecule has 2 rings (SSSR count). The Morgan fingerprint density at radius 3 is 2.48 bits per heavy atom. The summed E-state index contributed by atoms with van der Waals surface area (Å²) >= 11 is 0. The van der Waals surface area contributed by atoms with Crippen molar-refractivity contribution in [2.75, 3.05) is 40.8 Å². The highest BCUT2D eigenvalue weighted by Gasteiger charge is 2.14. The molecule has 2 aromatic rings. The van der Waals surface area contributed by atoms with E-state index < -0.39 is 0 Å². The number of benzene rings is 1. The number of hydrogen-bond acceptors (Lipinski definition) is 4. The molecule has 0 saturated heterocycles. The van der Waals surface area contributed by atoms with Crippen LogP contribution in [0.15, 0.2) is 52.1 Å². The van der Waals surface area contributed by atoms with E-state index in [4.69, 9.17) is 14.1 Å². The van der Waals surface area contributed by atoms with Crippen LogP contribution in [-0.4, -0.2) is 51.7 Å². The summed E-state index contributed by atoms with van der Waals surface area (Å²) in [6.45, 7) is 4.32. The summed E-state index contributed by atoms with van der Waals surface area (Å²) in [5.74, 6) is 2.65. The fraction of sp³-hybridized carbons (Fsp3) is 0.450. The number of nitrogens with zero attached hydrogens (tertiary/aromatic N) is 2. The quantitative estimate of drug-likeness (QED) is 0.324. The topological polar surface area (TPSA) is 62.0 Å². The smallest absolute Gasteiger partial charge is 0.191 e. The van der Waals surface area contributed by atoms with Crippen LogP contribution < -0.4 is 15.4 Å². The van der Waals surface area contributed by atoms with E-state index >= 15 is 0 Å². The zero-order chi connectivity index (χ0) is 18.8. The van der Waals surface area contributed by atoms with E-state index in [2.05, 4.69) is 48.7 Å². The molecule has 1 unspecified atom stereocenters. The fourth-order valence-corrected chi connectivity index (χ4v) is 2.67. The summed E-state index contributed by atoms with van der Waals surface area (Å²) in [6.07, 6.45) is 2.53. The molecule has 0 fully saturated rings. The Morgan fingerprint density at radius 2 is 1.93 bits per heavy atom. The predicted molar refractivity (Wildman–Crippen MR) is 121 cm³/mol. The largest absolute Gasteiger partial charge is 0.497 e. The van der Waals surface area contributed by atoms with Gasteiger partial charge in [-0.05, 0) is 50.8 Å². The first-order valence-corrected chi connectivity index (χ1v) is 8.99. The molecule has 0 spiro atoms. The Kier molecular flexibility index (Phi) is 10.9. The van der Waals surface area contributed by atoms with Crippen molar-refractivity contribution in [2.24, 2.45) is 4.99 Å². The third-order valence-electron chi connectivity index (χ3n) is 4.13. The number of hydrogen-bond donors (Lipinski definition) is 2. The van der Waals surface area contributed by atoms with Gasteiger partial charge in [0.25, 0.3) is 0 Å². The normalized spacial score (nSPS) is 12.4. The summed E-state index contributed by atoms with van der Waals surface area (Å²) in [6, 6.07) is 12.3. The lowest BCUT2D eigenvalue weighted by Gasteiger charge is -2.24. The first-order chi connectivity index (χ1) is 12.6. The lowest BCUT2D eigenvalue weighted by molar-refractivity contribution is 0.306. The second-order valence-electron chi connectivity index (χ2n) is 6.23. The maximum Gasteiger partial charge on any atom is 0.191 e. The summed E-state index contributed by atoms with van der Waals surface area (Å²) in [7, 11) is 5.82. The second-order valence-corrected chi connectivity index (χ2v) is 6.23. The van der Waals surface area contributed by atoms with Crippen molar-refractivity contribution in [3.63, 3.8) is 0 Å². The van der Waals surface area contributed by atoms with Crippen molar-refractivity contribution in [3.8, 4) is 5.75 Å². The number of guanidine groups is 1. The molecule has 150 valence electrons. The van der Waals surface area contributed by atoms with Gasteiger partial charge in [-0.3, -0.25) is 4.99 Å². The first kappa shape index (κ1) is 23.3. The molecule has 0 aliphatic heterocycles. The van der Waals surface area contributed by atoms with Crippen LogP contribution in [0.1, 0.15) is 24.3 Å². The maximum atomic E-state index is 5.36. The van der Waals surface area contributed by atoms with Crippen LogP contribution >= 0.6 is 24.0 Å². The van der Waals surface area contributed by atoms with Crippen molar-refractivity contribution in [2.45, 2.75) is 19.4 Å². The minimum atomic E-state index is 0. The van der Waals surface area contributed by atoms with Crippen LogP contribution in [0.4, 0.5) is 0 Å². The monoisotopic (exact) mass is 486 g/mol. The zero-order valence-corrected chi connectivity index (χ0v) is 18.9. The summed E-state index contributed by atoms with van der Waals surface area (Å²) < 4.78 is 10.6. The van der Waals surface area contributed by atoms with Crippen LogP contribution in [0.25, 0.3) is 0 Å². The minimum absolute atomic E-state index is 0. The Morgan fingerprint density at radius 1 is 1.19 bits per heavy atom. The van der Waals surface area contributed by atoms with Gasteiger partial charge in [0.05, 0.1) is 26.0 Å². The van der Waals surface area contributed by atoms with Crippen LogP contribution in [0.3, 0.4) is 0 Å². The highest BCUT2D eigenvalue weighted by atomic mass is 127. The molecule has 6 nitrogen and oxygen atoms in total. The standard InChI is InChI=1S/C20H30N4O2.HI/c1-5-21-20(22-13-12-18-7-6-14-26-18)23-15-19(24(2)3)16-8-10-17(25-4)11-9-16;/h6-11,14,19H,5,12-13,15H2,1-4H3,(H2,21,22,23);1H. The number of rotatable bonds is 9. The predicted octanol–water partition coefficient (Wildman–Crippen LogP) is 3.31. The molecule has 1 aromatic carbocycles. The molecule has 0 bridgehead atoms. The van der Waals surface area contributed by atoms with E-state index in [-0.39, 0.29) is 30.0 Å². The van der Waals surface area contributed by atoms with Crippen LogP contribution in [0.2, 0.25) is 0 Å². The first-order valence-electron chi connectivity index (χ1n) is 8.99. The molecule has 0 aliphatic carbocycles. The van der Waals surface area contributed by atoms with Gasteiger partial charge in [-0.2, -0.15) is 0 Å². The van der Waals surface area contributed by atoms with Gasteiger partial charge in [-0.1, -0.05) is 12.1 Å². The van der Waals surface area contributed by atoms with Gasteiger partial charge in [0.1, 0.15) is 11.5 Å². The van der Waals surface area contributed by atoms with Gasteiger partial charge in [0.2, 0.25) is 0 Å². The molecule has 1 heterocycles. The average molecular weight is 486 g/mol. The highest BCUT2D eigenvalue weighted by molar-refractivity contribution is 14.0. The molecule has 1 aromatic heterocycles. The molecule has 27 heavy (non-hydrogen) atoms. The van der Waals surface area contributed by atoms with Gasteiger partial charge in [-0.25, -0.2) is 0 Å². The highest BCUT2D eigenvalue weighted by Crippen LogP contribution is 2.21. The van der Waals surface area contributed by atoms with E-state index in [1.54, 1.807) is 13.4 Å². The third kappa shape index (κ3) is 7.80. The number of likely N-dealkylation sites (N-methyl/N-ethyl adjacent to an activating group) is 1. The molecule has 0 radical (unpaired) electrons. The zero-order valence-electron chi connectivity index (χ0n) is 16.6. The van der Waals surface area contributed by atoms with Crippen LogP contribution in [-0.2, 0) is 6.42 Å². The molecule has 0 saturated carbocycles. The van der Waals surface area contributed by atoms with Crippen molar-refractivity contribution in [1.29, 1.82) is 0 Å². The van der Waals surface area contributed by atoms with Crippen LogP contribution in [0, 0.1) is 0 Å². The van der Waals surface area contributed by atoms with Gasteiger partial charge >= 0.3 is 0 Å². The maximum absolute atomic E-state index is 5.36. The number of aliphatic imine (C=N–C) groups is 1. The lowest BCUT2D eigenvalue weighted by Crippen LogP contribution is -2.39. The van der Waals surface area contributed by atoms with Crippen LogP contribution in [0.5, 0.6) is 5.75 Å². The Balaban J connectivity index is 0.00000364. The van der Waals surface area contributed by atoms with E-state index in [9.17, 15) is 0 Å². The van der Waals surface area contributed by atoms with Gasteiger partial charge in [-0.15, -0.1) is 24.0 Å². The number of furan rings is 1. The molecule has 0 amide bonds. The molecule has 0 aliphatic rings. The van der Waals surface area contributed by atoms with Crippen molar-refractivity contribution >= 4 is 29.9 Å². The van der Waals surface area contributed by atoms with E-state index in [0.29, 0.717) is 6.54 Å². The van der Waals surface area contributed by atoms with Gasteiger partial charge < -0.3 is 24.7 Å². The van der Waals surface area contributed by atoms with Crippen molar-refractivity contribution in [3.05, 3.63) is 54.0 Å². The summed E-state index contributed by atoms with van der Waals surface area (Å²) in [4.78, 5) is 6.94. The second kappa shape index (κ2) is 12.6. The van der Waals surface area contributed by atoms with Gasteiger partial charge in [0, 0.05) is 19.5 Å². The minimum Gasteiger partial charge on any atom is -0.497 e. The summed E-state index contributed by atoms with van der Waals surface area (Å²) in [5, 5.41) is 6.66. The fourth-order valence-electron chi connectivity index (χ4n) is 2.67. The van der Waals surface area contributed by atoms with Crippen molar-refractivity contribution < 1.29 is 9.15 Å². The summed E-state index contributed by atoms with van der Waals surface area (Å²) in [5.41, 5.74) is 1.21. The molecule has 7 heteroatoms. The Bertz CT molecular complexity index is 657. The Hall–Kier alpha value is -1.74. The molecular weight excluding hydrogens is 455 g/mol. The number of methoxy groups -OCH3 is 1. The Labute approximate surface area is 179 Å². The number of nitrogens with one attached hydrogen (secondary N) is 2. The molecular formula is C20H31IN4O2. The number of halogens is 1. The van der Waals surface area contributed by atoms with Gasteiger partial charge in [0.15, 0.2) is 5.96 Å². The van der Waals surface area contributed by atoms with Crippen molar-refractivity contribution in [1.82, 2.24) is 15.5 Å². The average Bonchev–Trinajstić information content (AvgIpc) is 3.15.